The van der Waals surface area contributed by atoms with Crippen LogP contribution in [0.3, 0.4) is 0 Å². The van der Waals surface area contributed by atoms with Crippen LogP contribution in [0.25, 0.3) is 0 Å². The predicted octanol–water partition coefficient (Wildman–Crippen LogP) is 1.52. The summed E-state index contributed by atoms with van der Waals surface area (Å²) in [6.45, 7) is 1.06. The summed E-state index contributed by atoms with van der Waals surface area (Å²) in [7, 11) is 1.48. The number of nitrogens with zero attached hydrogens (tertiary/aromatic N) is 2. The number of hydrogen-bond acceptors (Lipinski definition) is 4. The van der Waals surface area contributed by atoms with E-state index in [1.807, 2.05) is 12.1 Å². The Morgan fingerprint density at radius 3 is 2.87 bits per heavy atom. The second-order valence-electron chi connectivity index (χ2n) is 5.52. The molecule has 0 aromatic carbocycles. The summed E-state index contributed by atoms with van der Waals surface area (Å²) in [6, 6.07) is 5.10. The third-order valence-corrected chi connectivity index (χ3v) is 4.08. The number of pyridine rings is 2. The van der Waals surface area contributed by atoms with Crippen molar-refractivity contribution < 1.29 is 9.53 Å². The molecule has 6 heteroatoms. The van der Waals surface area contributed by atoms with E-state index in [1.54, 1.807) is 17.0 Å². The van der Waals surface area contributed by atoms with Crippen LogP contribution >= 0.6 is 0 Å². The van der Waals surface area contributed by atoms with Crippen LogP contribution in [-0.4, -0.2) is 22.6 Å². The maximum atomic E-state index is 12.7. The molecule has 1 aliphatic heterocycles. The maximum absolute atomic E-state index is 12.7. The quantitative estimate of drug-likeness (QED) is 0.929. The Bertz CT molecular complexity index is 769. The van der Waals surface area contributed by atoms with Crippen molar-refractivity contribution in [2.24, 2.45) is 0 Å². The Hall–Kier alpha value is -2.63. The van der Waals surface area contributed by atoms with Gasteiger partial charge in [0.05, 0.1) is 7.11 Å². The summed E-state index contributed by atoms with van der Waals surface area (Å²) in [5.74, 6) is 0.125. The van der Waals surface area contributed by atoms with Crippen LogP contribution < -0.4 is 15.6 Å². The number of ether oxygens (including phenoxy) is 1. The van der Waals surface area contributed by atoms with Gasteiger partial charge in [-0.25, -0.2) is 0 Å². The number of nitrogens with one attached hydrogen (secondary N) is 1. The Balaban J connectivity index is 1.91. The molecule has 0 spiro atoms. The topological polar surface area (TPSA) is 73.2 Å². The molecule has 23 heavy (non-hydrogen) atoms. The maximum Gasteiger partial charge on any atom is 0.257 e. The zero-order chi connectivity index (χ0) is 16.2. The minimum Gasteiger partial charge on any atom is -0.496 e. The van der Waals surface area contributed by atoms with Crippen LogP contribution in [0, 0.1) is 0 Å². The summed E-state index contributed by atoms with van der Waals surface area (Å²) in [4.78, 5) is 28.8. The molecule has 1 aliphatic rings. The van der Waals surface area contributed by atoms with E-state index < -0.39 is 0 Å². The van der Waals surface area contributed by atoms with E-state index >= 15 is 0 Å². The van der Waals surface area contributed by atoms with Crippen LogP contribution in [0.1, 0.15) is 34.5 Å². The van der Waals surface area contributed by atoms with Gasteiger partial charge in [0.15, 0.2) is 0 Å². The molecule has 1 N–H and O–H groups in total. The Morgan fingerprint density at radius 1 is 1.35 bits per heavy atom. The summed E-state index contributed by atoms with van der Waals surface area (Å²) in [5, 5.41) is 2.90. The molecule has 6 nitrogen and oxygen atoms in total. The van der Waals surface area contributed by atoms with Crippen LogP contribution in [0.5, 0.6) is 5.75 Å². The smallest absolute Gasteiger partial charge is 0.257 e. The first-order chi connectivity index (χ1) is 11.2. The highest BCUT2D eigenvalue weighted by Crippen LogP contribution is 2.24. The number of fused-ring (bicyclic) bond motifs is 1. The Labute approximate surface area is 134 Å². The van der Waals surface area contributed by atoms with E-state index in [4.69, 9.17) is 4.74 Å². The molecule has 3 heterocycles. The van der Waals surface area contributed by atoms with Gasteiger partial charge in [0.2, 0.25) is 0 Å². The Kier molecular flexibility index (Phi) is 4.41. The first kappa shape index (κ1) is 15.3. The van der Waals surface area contributed by atoms with Crippen molar-refractivity contribution in [2.75, 3.05) is 7.11 Å². The fourth-order valence-electron chi connectivity index (χ4n) is 2.92. The normalized spacial score (nSPS) is 13.3. The molecule has 0 unspecified atom stereocenters. The lowest BCUT2D eigenvalue weighted by molar-refractivity contribution is 0.0945. The van der Waals surface area contributed by atoms with Gasteiger partial charge in [-0.15, -0.1) is 0 Å². The molecule has 2 aromatic rings. The third kappa shape index (κ3) is 3.11. The highest BCUT2D eigenvalue weighted by molar-refractivity contribution is 5.98. The number of hydrogen-bond donors (Lipinski definition) is 1. The van der Waals surface area contributed by atoms with Crippen LogP contribution in [0.15, 0.2) is 35.4 Å². The fourth-order valence-corrected chi connectivity index (χ4v) is 2.92. The molecule has 3 rings (SSSR count). The lowest BCUT2D eigenvalue weighted by atomic mass is 10.0. The van der Waals surface area contributed by atoms with Crippen molar-refractivity contribution in [3.8, 4) is 5.75 Å². The Morgan fingerprint density at radius 2 is 2.13 bits per heavy atom. The van der Waals surface area contributed by atoms with E-state index in [2.05, 4.69) is 10.3 Å². The summed E-state index contributed by atoms with van der Waals surface area (Å²) in [5.41, 5.74) is 2.10. The van der Waals surface area contributed by atoms with E-state index in [-0.39, 0.29) is 11.5 Å². The van der Waals surface area contributed by atoms with Crippen molar-refractivity contribution >= 4 is 5.91 Å². The molecule has 0 saturated heterocycles. The van der Waals surface area contributed by atoms with E-state index in [0.717, 1.165) is 24.1 Å². The second kappa shape index (κ2) is 6.64. The summed E-state index contributed by atoms with van der Waals surface area (Å²) >= 11 is 0. The summed E-state index contributed by atoms with van der Waals surface area (Å²) < 4.78 is 6.97. The molecular formula is C17H19N3O3. The minimum absolute atomic E-state index is 0.109. The molecule has 120 valence electrons. The van der Waals surface area contributed by atoms with Crippen molar-refractivity contribution in [1.29, 1.82) is 0 Å². The van der Waals surface area contributed by atoms with Gasteiger partial charge in [-0.05, 0) is 37.0 Å². The van der Waals surface area contributed by atoms with Crippen molar-refractivity contribution in [3.63, 3.8) is 0 Å². The largest absolute Gasteiger partial charge is 0.496 e. The molecule has 0 fully saturated rings. The average molecular weight is 313 g/mol. The minimum atomic E-state index is -0.218. The van der Waals surface area contributed by atoms with Crippen LogP contribution in [0.4, 0.5) is 0 Å². The SMILES string of the molecule is COc1cc(=O)n2c(c1C(=O)NCc1ccncc1)CCCC2. The van der Waals surface area contributed by atoms with Gasteiger partial charge < -0.3 is 14.6 Å². The van der Waals surface area contributed by atoms with Gasteiger partial charge >= 0.3 is 0 Å². The first-order valence-electron chi connectivity index (χ1n) is 7.68. The number of carbonyl (C=O) groups is 1. The lowest BCUT2D eigenvalue weighted by Crippen LogP contribution is -2.32. The number of rotatable bonds is 4. The molecule has 0 bridgehead atoms. The number of methoxy groups -OCH3 is 1. The number of aromatic nitrogens is 2. The zero-order valence-corrected chi connectivity index (χ0v) is 13.0. The lowest BCUT2D eigenvalue weighted by Gasteiger charge is -2.22. The van der Waals surface area contributed by atoms with E-state index in [1.165, 1.54) is 13.2 Å². The molecule has 0 saturated carbocycles. The summed E-state index contributed by atoms with van der Waals surface area (Å²) in [6.07, 6.45) is 6.01. The van der Waals surface area contributed by atoms with Gasteiger partial charge in [0.1, 0.15) is 11.3 Å². The van der Waals surface area contributed by atoms with Gasteiger partial charge in [-0.3, -0.25) is 14.6 Å². The van der Waals surface area contributed by atoms with Crippen molar-refractivity contribution in [2.45, 2.75) is 32.4 Å². The second-order valence-corrected chi connectivity index (χ2v) is 5.52. The average Bonchev–Trinajstić information content (AvgIpc) is 2.60. The number of carbonyl (C=O) groups excluding carboxylic acids is 1. The van der Waals surface area contributed by atoms with Crippen LogP contribution in [-0.2, 0) is 19.5 Å². The van der Waals surface area contributed by atoms with E-state index in [0.29, 0.717) is 30.8 Å². The van der Waals surface area contributed by atoms with E-state index in [9.17, 15) is 9.59 Å². The molecule has 0 atom stereocenters. The van der Waals surface area contributed by atoms with Crippen LogP contribution in [0.2, 0.25) is 0 Å². The van der Waals surface area contributed by atoms with Gasteiger partial charge in [-0.1, -0.05) is 0 Å². The molecule has 2 aromatic heterocycles. The highest BCUT2D eigenvalue weighted by atomic mass is 16.5. The molecule has 0 radical (unpaired) electrons. The van der Waals surface area contributed by atoms with Gasteiger partial charge in [0.25, 0.3) is 11.5 Å². The first-order valence-corrected chi connectivity index (χ1v) is 7.68. The third-order valence-electron chi connectivity index (χ3n) is 4.08. The highest BCUT2D eigenvalue weighted by Gasteiger charge is 2.23. The number of amides is 1. The van der Waals surface area contributed by atoms with Gasteiger partial charge in [-0.2, -0.15) is 0 Å². The standard InChI is InChI=1S/C17H19N3O3/c1-23-14-10-15(21)20-9-3-2-4-13(20)16(14)17(22)19-11-12-5-7-18-8-6-12/h5-8,10H,2-4,9,11H2,1H3,(H,19,22). The van der Waals surface area contributed by atoms with Crippen molar-refractivity contribution in [1.82, 2.24) is 14.9 Å². The molecular weight excluding hydrogens is 294 g/mol. The molecule has 0 aliphatic carbocycles. The fraction of sp³-hybridized carbons (Fsp3) is 0.353. The van der Waals surface area contributed by atoms with Gasteiger partial charge in [0, 0.05) is 37.2 Å². The van der Waals surface area contributed by atoms with Crippen molar-refractivity contribution in [3.05, 3.63) is 57.8 Å². The molecule has 1 amide bonds. The zero-order valence-electron chi connectivity index (χ0n) is 13.0. The predicted molar refractivity (Wildman–Crippen MR) is 85.6 cm³/mol. The monoisotopic (exact) mass is 313 g/mol.